The molecule has 2 aliphatic rings. The maximum atomic E-state index is 12.7. The second kappa shape index (κ2) is 6.22. The highest BCUT2D eigenvalue weighted by atomic mass is 32.2. The molecule has 0 saturated heterocycles. The number of carbonyl (C=O) groups excluding carboxylic acids is 1. The van der Waals surface area contributed by atoms with Crippen LogP contribution in [0.2, 0.25) is 0 Å². The van der Waals surface area contributed by atoms with Gasteiger partial charge in [0.1, 0.15) is 0 Å². The highest BCUT2D eigenvalue weighted by Crippen LogP contribution is 2.31. The molecule has 6 nitrogen and oxygen atoms in total. The molecule has 1 saturated carbocycles. The molecule has 3 N–H and O–H groups in total. The summed E-state index contributed by atoms with van der Waals surface area (Å²) in [6, 6.07) is 4.94. The molecule has 23 heavy (non-hydrogen) atoms. The maximum Gasteiger partial charge on any atom is 0.240 e. The van der Waals surface area contributed by atoms with Crippen LogP contribution in [0.4, 0.5) is 5.69 Å². The molecule has 0 spiro atoms. The van der Waals surface area contributed by atoms with Gasteiger partial charge >= 0.3 is 0 Å². The number of anilines is 1. The first-order chi connectivity index (χ1) is 10.9. The first-order valence-corrected chi connectivity index (χ1v) is 9.54. The minimum absolute atomic E-state index is 0.0646. The first kappa shape index (κ1) is 16.4. The van der Waals surface area contributed by atoms with Gasteiger partial charge in [0, 0.05) is 25.2 Å². The molecule has 0 aromatic heterocycles. The summed E-state index contributed by atoms with van der Waals surface area (Å²) in [5.74, 6) is 0.137. The van der Waals surface area contributed by atoms with E-state index in [9.17, 15) is 13.2 Å². The number of nitrogens with zero attached hydrogens (tertiary/aromatic N) is 1. The Morgan fingerprint density at radius 2 is 2.17 bits per heavy atom. The Morgan fingerprint density at radius 1 is 1.39 bits per heavy atom. The third kappa shape index (κ3) is 3.13. The van der Waals surface area contributed by atoms with Gasteiger partial charge in [0.25, 0.3) is 0 Å². The van der Waals surface area contributed by atoms with Crippen molar-refractivity contribution in [1.29, 1.82) is 0 Å². The van der Waals surface area contributed by atoms with Gasteiger partial charge in [-0.1, -0.05) is 12.5 Å². The van der Waals surface area contributed by atoms with Crippen molar-refractivity contribution in [3.8, 4) is 0 Å². The number of hydrogen-bond acceptors (Lipinski definition) is 4. The van der Waals surface area contributed by atoms with Crippen molar-refractivity contribution in [2.75, 3.05) is 18.0 Å². The fourth-order valence-electron chi connectivity index (χ4n) is 3.59. The van der Waals surface area contributed by atoms with E-state index < -0.39 is 10.0 Å². The number of nitrogens with two attached hydrogens (primary N) is 1. The van der Waals surface area contributed by atoms with Crippen LogP contribution in [-0.4, -0.2) is 33.5 Å². The highest BCUT2D eigenvalue weighted by Gasteiger charge is 2.31. The van der Waals surface area contributed by atoms with Crippen LogP contribution in [-0.2, 0) is 21.2 Å². The molecule has 1 heterocycles. The van der Waals surface area contributed by atoms with Gasteiger partial charge in [-0.3, -0.25) is 4.79 Å². The third-order valence-electron chi connectivity index (χ3n) is 4.91. The van der Waals surface area contributed by atoms with E-state index in [2.05, 4.69) is 4.72 Å². The van der Waals surface area contributed by atoms with Crippen molar-refractivity contribution < 1.29 is 13.2 Å². The van der Waals surface area contributed by atoms with E-state index in [1.54, 1.807) is 17.0 Å². The Bertz CT molecular complexity index is 717. The summed E-state index contributed by atoms with van der Waals surface area (Å²) in [7, 11) is -3.60. The van der Waals surface area contributed by atoms with Crippen LogP contribution in [0.5, 0.6) is 0 Å². The van der Waals surface area contributed by atoms with Crippen molar-refractivity contribution in [2.45, 2.75) is 43.5 Å². The Balaban J connectivity index is 1.86. The Hall–Kier alpha value is -1.44. The zero-order valence-electron chi connectivity index (χ0n) is 13.3. The van der Waals surface area contributed by atoms with Crippen molar-refractivity contribution in [1.82, 2.24) is 4.72 Å². The van der Waals surface area contributed by atoms with Crippen molar-refractivity contribution in [3.05, 3.63) is 23.8 Å². The lowest BCUT2D eigenvalue weighted by Crippen LogP contribution is -2.39. The van der Waals surface area contributed by atoms with Gasteiger partial charge < -0.3 is 10.6 Å². The van der Waals surface area contributed by atoms with E-state index in [4.69, 9.17) is 5.73 Å². The lowest BCUT2D eigenvalue weighted by Gasteiger charge is -2.20. The summed E-state index contributed by atoms with van der Waals surface area (Å²) in [4.78, 5) is 13.5. The summed E-state index contributed by atoms with van der Waals surface area (Å²) in [5, 5.41) is 0. The minimum atomic E-state index is -3.60. The molecule has 3 rings (SSSR count). The van der Waals surface area contributed by atoms with Crippen LogP contribution in [0.15, 0.2) is 23.1 Å². The van der Waals surface area contributed by atoms with Gasteiger partial charge in [0.15, 0.2) is 0 Å². The second-order valence-electron chi connectivity index (χ2n) is 6.37. The zero-order valence-corrected chi connectivity index (χ0v) is 14.1. The van der Waals surface area contributed by atoms with Gasteiger partial charge in [-0.2, -0.15) is 0 Å². The van der Waals surface area contributed by atoms with Crippen molar-refractivity contribution in [3.63, 3.8) is 0 Å². The third-order valence-corrected chi connectivity index (χ3v) is 6.40. The zero-order chi connectivity index (χ0) is 16.6. The number of rotatable bonds is 4. The molecular weight excluding hydrogens is 314 g/mol. The molecule has 0 radical (unpaired) electrons. The normalized spacial score (nSPS) is 24.0. The summed E-state index contributed by atoms with van der Waals surface area (Å²) >= 11 is 0. The molecule has 1 amide bonds. The number of sulfonamides is 1. The number of carbonyl (C=O) groups is 1. The molecule has 1 aromatic rings. The topological polar surface area (TPSA) is 92.5 Å². The fraction of sp³-hybridized carbons (Fsp3) is 0.562. The van der Waals surface area contributed by atoms with Gasteiger partial charge in [-0.15, -0.1) is 0 Å². The van der Waals surface area contributed by atoms with Crippen LogP contribution in [0.1, 0.15) is 31.7 Å². The van der Waals surface area contributed by atoms with Gasteiger partial charge in [-0.25, -0.2) is 13.1 Å². The molecular formula is C16H23N3O3S. The van der Waals surface area contributed by atoms with Crippen LogP contribution in [0, 0.1) is 5.92 Å². The lowest BCUT2D eigenvalue weighted by atomic mass is 10.1. The fourth-order valence-corrected chi connectivity index (χ4v) is 4.95. The molecule has 126 valence electrons. The number of benzene rings is 1. The van der Waals surface area contributed by atoms with Gasteiger partial charge in [0.2, 0.25) is 15.9 Å². The molecule has 2 atom stereocenters. The van der Waals surface area contributed by atoms with E-state index in [0.717, 1.165) is 31.2 Å². The average molecular weight is 337 g/mol. The Kier molecular flexibility index (Phi) is 4.44. The quantitative estimate of drug-likeness (QED) is 0.857. The molecule has 1 aromatic carbocycles. The predicted octanol–water partition coefficient (Wildman–Crippen LogP) is 1.00. The van der Waals surface area contributed by atoms with E-state index in [-0.39, 0.29) is 22.8 Å². The highest BCUT2D eigenvalue weighted by molar-refractivity contribution is 7.89. The van der Waals surface area contributed by atoms with E-state index in [1.165, 1.54) is 6.92 Å². The smallest absolute Gasteiger partial charge is 0.240 e. The number of hydrogen-bond donors (Lipinski definition) is 2. The molecule has 0 bridgehead atoms. The Morgan fingerprint density at radius 3 is 2.87 bits per heavy atom. The maximum absolute atomic E-state index is 12.7. The number of fused-ring (bicyclic) bond motifs is 1. The van der Waals surface area contributed by atoms with Gasteiger partial charge in [-0.05, 0) is 49.4 Å². The summed E-state index contributed by atoms with van der Waals surface area (Å²) in [6.45, 7) is 2.61. The average Bonchev–Trinajstić information content (AvgIpc) is 3.11. The van der Waals surface area contributed by atoms with Crippen molar-refractivity contribution in [2.24, 2.45) is 11.7 Å². The SMILES string of the molecule is CC(=O)N1CCc2ccc(S(=O)(=O)NC3CCCC3CN)cc21. The van der Waals surface area contributed by atoms with Crippen LogP contribution in [0.3, 0.4) is 0 Å². The standard InChI is InChI=1S/C16H23N3O3S/c1-11(20)19-8-7-12-5-6-14(9-16(12)19)23(21,22)18-15-4-2-3-13(15)10-17/h5-6,9,13,15,18H,2-4,7-8,10,17H2,1H3. The molecule has 1 aliphatic carbocycles. The first-order valence-electron chi connectivity index (χ1n) is 8.06. The summed E-state index contributed by atoms with van der Waals surface area (Å²) < 4.78 is 28.1. The van der Waals surface area contributed by atoms with Crippen LogP contribution >= 0.6 is 0 Å². The van der Waals surface area contributed by atoms with Gasteiger partial charge in [0.05, 0.1) is 4.90 Å². The largest absolute Gasteiger partial charge is 0.330 e. The second-order valence-corrected chi connectivity index (χ2v) is 8.08. The predicted molar refractivity (Wildman–Crippen MR) is 88.7 cm³/mol. The number of nitrogens with one attached hydrogen (secondary N) is 1. The number of amides is 1. The van der Waals surface area contributed by atoms with E-state index >= 15 is 0 Å². The molecule has 2 unspecified atom stereocenters. The molecule has 7 heteroatoms. The van der Waals surface area contributed by atoms with Crippen LogP contribution in [0.25, 0.3) is 0 Å². The lowest BCUT2D eigenvalue weighted by molar-refractivity contribution is -0.116. The van der Waals surface area contributed by atoms with E-state index in [1.807, 2.05) is 6.07 Å². The van der Waals surface area contributed by atoms with Crippen molar-refractivity contribution >= 4 is 21.6 Å². The molecule has 1 aliphatic heterocycles. The Labute approximate surface area is 137 Å². The van der Waals surface area contributed by atoms with Crippen LogP contribution < -0.4 is 15.4 Å². The minimum Gasteiger partial charge on any atom is -0.330 e. The van der Waals surface area contributed by atoms with E-state index in [0.29, 0.717) is 18.8 Å². The monoisotopic (exact) mass is 337 g/mol. The summed E-state index contributed by atoms with van der Waals surface area (Å²) in [5.41, 5.74) is 7.45. The molecule has 1 fully saturated rings. The summed E-state index contributed by atoms with van der Waals surface area (Å²) in [6.07, 6.45) is 3.55.